The van der Waals surface area contributed by atoms with Crippen molar-refractivity contribution in [3.8, 4) is 5.88 Å². The van der Waals surface area contributed by atoms with Crippen molar-refractivity contribution >= 4 is 5.69 Å². The average molecular weight is 208 g/mol. The van der Waals surface area contributed by atoms with E-state index in [1.54, 1.807) is 0 Å². The number of nitrogens with zero attached hydrogens (tertiary/aromatic N) is 1. The minimum Gasteiger partial charge on any atom is -0.478 e. The van der Waals surface area contributed by atoms with Crippen molar-refractivity contribution < 1.29 is 4.74 Å². The van der Waals surface area contributed by atoms with E-state index in [9.17, 15) is 0 Å². The molecule has 0 radical (unpaired) electrons. The third kappa shape index (κ3) is 4.68. The molecule has 1 heterocycles. The lowest BCUT2D eigenvalue weighted by Crippen LogP contribution is -2.05. The van der Waals surface area contributed by atoms with Crippen LogP contribution in [-0.2, 0) is 0 Å². The summed E-state index contributed by atoms with van der Waals surface area (Å²) in [7, 11) is 0. The zero-order chi connectivity index (χ0) is 11.1. The standard InChI is InChI=1S/C12H20N2O/c1-4-15-12-6-5-11(9-14-12)13-8-7-10(2)3/h5-6,9-10,13H,4,7-8H2,1-3H3. The maximum atomic E-state index is 5.26. The van der Waals surface area contributed by atoms with Gasteiger partial charge in [-0.05, 0) is 25.3 Å². The molecule has 0 aromatic carbocycles. The average Bonchev–Trinajstić information content (AvgIpc) is 2.20. The van der Waals surface area contributed by atoms with Crippen molar-refractivity contribution in [2.24, 2.45) is 5.92 Å². The molecule has 1 rings (SSSR count). The Balaban J connectivity index is 2.36. The normalized spacial score (nSPS) is 10.4. The molecule has 1 aromatic rings. The van der Waals surface area contributed by atoms with Crippen LogP contribution in [-0.4, -0.2) is 18.1 Å². The number of hydrogen-bond donors (Lipinski definition) is 1. The fourth-order valence-electron chi connectivity index (χ4n) is 1.22. The van der Waals surface area contributed by atoms with Crippen LogP contribution in [0.25, 0.3) is 0 Å². The van der Waals surface area contributed by atoms with Gasteiger partial charge in [0.05, 0.1) is 18.5 Å². The number of pyridine rings is 1. The van der Waals surface area contributed by atoms with Gasteiger partial charge in [0.2, 0.25) is 5.88 Å². The van der Waals surface area contributed by atoms with E-state index < -0.39 is 0 Å². The first-order valence-electron chi connectivity index (χ1n) is 5.55. The van der Waals surface area contributed by atoms with Crippen LogP contribution in [0.1, 0.15) is 27.2 Å². The Labute approximate surface area is 91.9 Å². The quantitative estimate of drug-likeness (QED) is 0.780. The van der Waals surface area contributed by atoms with Crippen molar-refractivity contribution in [2.75, 3.05) is 18.5 Å². The van der Waals surface area contributed by atoms with Gasteiger partial charge >= 0.3 is 0 Å². The van der Waals surface area contributed by atoms with Crippen molar-refractivity contribution in [1.29, 1.82) is 0 Å². The fourth-order valence-corrected chi connectivity index (χ4v) is 1.22. The molecular weight excluding hydrogens is 188 g/mol. The van der Waals surface area contributed by atoms with Gasteiger partial charge in [-0.25, -0.2) is 4.98 Å². The summed E-state index contributed by atoms with van der Waals surface area (Å²) in [4.78, 5) is 4.18. The second-order valence-corrected chi connectivity index (χ2v) is 3.93. The Morgan fingerprint density at radius 2 is 2.20 bits per heavy atom. The van der Waals surface area contributed by atoms with Crippen LogP contribution >= 0.6 is 0 Å². The number of hydrogen-bond acceptors (Lipinski definition) is 3. The topological polar surface area (TPSA) is 34.1 Å². The lowest BCUT2D eigenvalue weighted by molar-refractivity contribution is 0.327. The number of nitrogens with one attached hydrogen (secondary N) is 1. The molecule has 0 saturated carbocycles. The summed E-state index contributed by atoms with van der Waals surface area (Å²) in [6, 6.07) is 3.89. The largest absolute Gasteiger partial charge is 0.478 e. The van der Waals surface area contributed by atoms with E-state index in [1.165, 1.54) is 6.42 Å². The van der Waals surface area contributed by atoms with Gasteiger partial charge in [0.15, 0.2) is 0 Å². The maximum absolute atomic E-state index is 5.26. The smallest absolute Gasteiger partial charge is 0.213 e. The van der Waals surface area contributed by atoms with Gasteiger partial charge in [-0.1, -0.05) is 13.8 Å². The Morgan fingerprint density at radius 1 is 1.40 bits per heavy atom. The predicted molar refractivity (Wildman–Crippen MR) is 63.4 cm³/mol. The number of ether oxygens (including phenoxy) is 1. The summed E-state index contributed by atoms with van der Waals surface area (Å²) >= 11 is 0. The third-order valence-electron chi connectivity index (χ3n) is 2.08. The molecule has 1 N–H and O–H groups in total. The Kier molecular flexibility index (Phi) is 4.95. The molecule has 0 atom stereocenters. The van der Waals surface area contributed by atoms with Crippen LogP contribution in [0, 0.1) is 5.92 Å². The highest BCUT2D eigenvalue weighted by atomic mass is 16.5. The Hall–Kier alpha value is -1.25. The first-order valence-corrected chi connectivity index (χ1v) is 5.55. The molecule has 3 nitrogen and oxygen atoms in total. The van der Waals surface area contributed by atoms with Crippen LogP contribution < -0.4 is 10.1 Å². The molecule has 0 unspecified atom stereocenters. The molecule has 15 heavy (non-hydrogen) atoms. The van der Waals surface area contributed by atoms with Crippen LogP contribution in [0.15, 0.2) is 18.3 Å². The summed E-state index contributed by atoms with van der Waals surface area (Å²) < 4.78 is 5.26. The van der Waals surface area contributed by atoms with Crippen molar-refractivity contribution in [1.82, 2.24) is 4.98 Å². The molecular formula is C12H20N2O. The summed E-state index contributed by atoms with van der Waals surface area (Å²) in [5.41, 5.74) is 1.05. The first kappa shape index (κ1) is 11.8. The van der Waals surface area contributed by atoms with Gasteiger partial charge in [-0.3, -0.25) is 0 Å². The first-order chi connectivity index (χ1) is 7.22. The molecule has 3 heteroatoms. The zero-order valence-corrected chi connectivity index (χ0v) is 9.79. The lowest BCUT2D eigenvalue weighted by atomic mass is 10.1. The van der Waals surface area contributed by atoms with Gasteiger partial charge in [-0.2, -0.15) is 0 Å². The molecule has 84 valence electrons. The molecule has 0 spiro atoms. The molecule has 0 amide bonds. The summed E-state index contributed by atoms with van der Waals surface area (Å²) in [5.74, 6) is 1.42. The van der Waals surface area contributed by atoms with E-state index in [-0.39, 0.29) is 0 Å². The summed E-state index contributed by atoms with van der Waals surface area (Å²) in [6.07, 6.45) is 2.98. The Bertz CT molecular complexity index is 269. The van der Waals surface area contributed by atoms with Crippen LogP contribution in [0.4, 0.5) is 5.69 Å². The summed E-state index contributed by atoms with van der Waals surface area (Å²) in [5, 5.41) is 3.33. The van der Waals surface area contributed by atoms with Crippen LogP contribution in [0.5, 0.6) is 5.88 Å². The minimum absolute atomic E-state index is 0.660. The van der Waals surface area contributed by atoms with E-state index in [0.717, 1.165) is 18.2 Å². The highest BCUT2D eigenvalue weighted by Crippen LogP contribution is 2.11. The fraction of sp³-hybridized carbons (Fsp3) is 0.583. The van der Waals surface area contributed by atoms with Crippen LogP contribution in [0.2, 0.25) is 0 Å². The molecule has 0 aliphatic rings. The molecule has 1 aromatic heterocycles. The molecule has 0 saturated heterocycles. The monoisotopic (exact) mass is 208 g/mol. The van der Waals surface area contributed by atoms with Gasteiger partial charge < -0.3 is 10.1 Å². The van der Waals surface area contributed by atoms with Gasteiger partial charge in [-0.15, -0.1) is 0 Å². The lowest BCUT2D eigenvalue weighted by Gasteiger charge is -2.08. The van der Waals surface area contributed by atoms with Gasteiger partial charge in [0.1, 0.15) is 0 Å². The van der Waals surface area contributed by atoms with Crippen LogP contribution in [0.3, 0.4) is 0 Å². The highest BCUT2D eigenvalue weighted by Gasteiger charge is 1.96. The van der Waals surface area contributed by atoms with Gasteiger partial charge in [0.25, 0.3) is 0 Å². The van der Waals surface area contributed by atoms with Gasteiger partial charge in [0, 0.05) is 12.6 Å². The zero-order valence-electron chi connectivity index (χ0n) is 9.79. The van der Waals surface area contributed by atoms with E-state index in [0.29, 0.717) is 12.5 Å². The van der Waals surface area contributed by atoms with E-state index in [4.69, 9.17) is 4.74 Å². The molecule has 0 fully saturated rings. The minimum atomic E-state index is 0.660. The summed E-state index contributed by atoms with van der Waals surface area (Å²) in [6.45, 7) is 8.05. The van der Waals surface area contributed by atoms with Crippen molar-refractivity contribution in [3.05, 3.63) is 18.3 Å². The SMILES string of the molecule is CCOc1ccc(NCCC(C)C)cn1. The second-order valence-electron chi connectivity index (χ2n) is 3.93. The van der Waals surface area contributed by atoms with E-state index in [2.05, 4.69) is 24.1 Å². The number of anilines is 1. The molecule has 0 aliphatic heterocycles. The van der Waals surface area contributed by atoms with Crippen molar-refractivity contribution in [2.45, 2.75) is 27.2 Å². The second kappa shape index (κ2) is 6.27. The predicted octanol–water partition coefficient (Wildman–Crippen LogP) is 2.94. The van der Waals surface area contributed by atoms with E-state index >= 15 is 0 Å². The van der Waals surface area contributed by atoms with E-state index in [1.807, 2.05) is 25.3 Å². The molecule has 0 bridgehead atoms. The number of rotatable bonds is 6. The Morgan fingerprint density at radius 3 is 2.73 bits per heavy atom. The maximum Gasteiger partial charge on any atom is 0.213 e. The third-order valence-corrected chi connectivity index (χ3v) is 2.08. The molecule has 0 aliphatic carbocycles. The highest BCUT2D eigenvalue weighted by molar-refractivity contribution is 5.41. The van der Waals surface area contributed by atoms with Crippen molar-refractivity contribution in [3.63, 3.8) is 0 Å². The number of aromatic nitrogens is 1.